The van der Waals surface area contributed by atoms with Crippen LogP contribution in [0, 0.1) is 6.92 Å². The molecule has 0 amide bonds. The van der Waals surface area contributed by atoms with Crippen LogP contribution in [-0.4, -0.2) is 4.98 Å². The van der Waals surface area contributed by atoms with Crippen molar-refractivity contribution in [3.63, 3.8) is 0 Å². The highest BCUT2D eigenvalue weighted by atomic mass is 79.9. The van der Waals surface area contributed by atoms with E-state index in [2.05, 4.69) is 42.2 Å². The first kappa shape index (κ1) is 11.9. The zero-order valence-corrected chi connectivity index (χ0v) is 10.4. The second-order valence-corrected chi connectivity index (χ2v) is 3.41. The first-order chi connectivity index (χ1) is 6.86. The van der Waals surface area contributed by atoms with E-state index in [9.17, 15) is 0 Å². The lowest BCUT2D eigenvalue weighted by atomic mass is 10.0. The monoisotopic (exact) mass is 263 g/mol. The van der Waals surface area contributed by atoms with Crippen molar-refractivity contribution in [2.45, 2.75) is 13.3 Å². The van der Waals surface area contributed by atoms with Gasteiger partial charge in [0, 0.05) is 11.9 Å². The summed E-state index contributed by atoms with van der Waals surface area (Å²) < 4.78 is 0. The van der Waals surface area contributed by atoms with E-state index in [-0.39, 0.29) is 17.0 Å². The van der Waals surface area contributed by atoms with Crippen molar-refractivity contribution in [3.05, 3.63) is 65.5 Å². The molecule has 1 aromatic heterocycles. The molecule has 0 bridgehead atoms. The van der Waals surface area contributed by atoms with E-state index >= 15 is 0 Å². The normalized spacial score (nSPS) is 9.40. The van der Waals surface area contributed by atoms with Crippen LogP contribution in [0.15, 0.2) is 48.7 Å². The third kappa shape index (κ3) is 3.17. The van der Waals surface area contributed by atoms with Gasteiger partial charge in [0.2, 0.25) is 0 Å². The summed E-state index contributed by atoms with van der Waals surface area (Å²) in [5, 5.41) is 0. The molecule has 0 aliphatic carbocycles. The van der Waals surface area contributed by atoms with Crippen LogP contribution in [0.3, 0.4) is 0 Å². The van der Waals surface area contributed by atoms with Gasteiger partial charge in [-0.1, -0.05) is 36.4 Å². The molecule has 1 heterocycles. The van der Waals surface area contributed by atoms with Crippen LogP contribution in [0.5, 0.6) is 0 Å². The molecule has 0 spiro atoms. The van der Waals surface area contributed by atoms with E-state index in [0.29, 0.717) is 0 Å². The molecule has 2 aromatic rings. The van der Waals surface area contributed by atoms with E-state index < -0.39 is 0 Å². The molecule has 0 saturated heterocycles. The lowest BCUT2D eigenvalue weighted by Crippen LogP contribution is -1.93. The fourth-order valence-electron chi connectivity index (χ4n) is 1.52. The molecule has 0 unspecified atom stereocenters. The van der Waals surface area contributed by atoms with Crippen molar-refractivity contribution in [1.29, 1.82) is 0 Å². The van der Waals surface area contributed by atoms with E-state index in [1.807, 2.05) is 18.3 Å². The molecule has 2 heteroatoms. The summed E-state index contributed by atoms with van der Waals surface area (Å²) in [5.74, 6) is 0. The fraction of sp³-hybridized carbons (Fsp3) is 0.154. The van der Waals surface area contributed by atoms with Crippen molar-refractivity contribution in [2.24, 2.45) is 0 Å². The van der Waals surface area contributed by atoms with Gasteiger partial charge in [-0.2, -0.15) is 0 Å². The van der Waals surface area contributed by atoms with E-state index in [1.165, 1.54) is 11.1 Å². The van der Waals surface area contributed by atoms with Crippen LogP contribution in [0.4, 0.5) is 0 Å². The van der Waals surface area contributed by atoms with Crippen LogP contribution in [0.1, 0.15) is 16.8 Å². The summed E-state index contributed by atoms with van der Waals surface area (Å²) in [6.45, 7) is 2.05. The first-order valence-corrected chi connectivity index (χ1v) is 4.80. The third-order valence-electron chi connectivity index (χ3n) is 2.35. The van der Waals surface area contributed by atoms with Crippen molar-refractivity contribution in [1.82, 2.24) is 4.98 Å². The summed E-state index contributed by atoms with van der Waals surface area (Å²) in [6, 6.07) is 14.6. The standard InChI is InChI=1S/C13H13N.BrH/c1-11-13(8-5-9-14-11)10-12-6-3-2-4-7-12;/h2-9H,10H2,1H3;1H. The minimum atomic E-state index is 0. The molecular weight excluding hydrogens is 250 g/mol. The summed E-state index contributed by atoms with van der Waals surface area (Å²) in [7, 11) is 0. The molecule has 15 heavy (non-hydrogen) atoms. The molecule has 1 nitrogen and oxygen atoms in total. The second-order valence-electron chi connectivity index (χ2n) is 3.41. The molecule has 0 atom stereocenters. The average molecular weight is 264 g/mol. The van der Waals surface area contributed by atoms with Crippen LogP contribution in [-0.2, 0) is 6.42 Å². The minimum Gasteiger partial charge on any atom is -0.261 e. The maximum Gasteiger partial charge on any atom is 0.0407 e. The van der Waals surface area contributed by atoms with Gasteiger partial charge < -0.3 is 0 Å². The largest absolute Gasteiger partial charge is 0.261 e. The number of hydrogen-bond donors (Lipinski definition) is 0. The Bertz CT molecular complexity index is 412. The topological polar surface area (TPSA) is 12.9 Å². The number of rotatable bonds is 2. The van der Waals surface area contributed by atoms with Gasteiger partial charge in [0.1, 0.15) is 0 Å². The van der Waals surface area contributed by atoms with E-state index in [1.54, 1.807) is 0 Å². The summed E-state index contributed by atoms with van der Waals surface area (Å²) >= 11 is 0. The van der Waals surface area contributed by atoms with Crippen molar-refractivity contribution >= 4 is 17.0 Å². The summed E-state index contributed by atoms with van der Waals surface area (Å²) in [6.07, 6.45) is 2.81. The van der Waals surface area contributed by atoms with Crippen LogP contribution >= 0.6 is 17.0 Å². The van der Waals surface area contributed by atoms with E-state index in [0.717, 1.165) is 12.1 Å². The van der Waals surface area contributed by atoms with Crippen LogP contribution < -0.4 is 0 Å². The van der Waals surface area contributed by atoms with Gasteiger partial charge in [0.15, 0.2) is 0 Å². The predicted octanol–water partition coefficient (Wildman–Crippen LogP) is 3.56. The Labute approximate surface area is 101 Å². The quantitative estimate of drug-likeness (QED) is 0.808. The Morgan fingerprint density at radius 1 is 1.00 bits per heavy atom. The number of halogens is 1. The van der Waals surface area contributed by atoms with Crippen molar-refractivity contribution < 1.29 is 0 Å². The number of aryl methyl sites for hydroxylation is 1. The maximum absolute atomic E-state index is 4.28. The van der Waals surface area contributed by atoms with Gasteiger partial charge >= 0.3 is 0 Å². The molecule has 0 fully saturated rings. The summed E-state index contributed by atoms with van der Waals surface area (Å²) in [4.78, 5) is 4.28. The molecule has 78 valence electrons. The molecular formula is C13H14BrN. The Morgan fingerprint density at radius 2 is 1.73 bits per heavy atom. The molecule has 2 rings (SSSR count). The van der Waals surface area contributed by atoms with Gasteiger partial charge in [-0.25, -0.2) is 0 Å². The van der Waals surface area contributed by atoms with Gasteiger partial charge in [-0.3, -0.25) is 4.98 Å². The zero-order chi connectivity index (χ0) is 9.80. The van der Waals surface area contributed by atoms with Crippen molar-refractivity contribution in [2.75, 3.05) is 0 Å². The summed E-state index contributed by atoms with van der Waals surface area (Å²) in [5.41, 5.74) is 3.76. The highest BCUT2D eigenvalue weighted by Crippen LogP contribution is 2.10. The molecule has 1 aromatic carbocycles. The lowest BCUT2D eigenvalue weighted by Gasteiger charge is -2.03. The fourth-order valence-corrected chi connectivity index (χ4v) is 1.52. The zero-order valence-electron chi connectivity index (χ0n) is 8.68. The number of benzene rings is 1. The predicted molar refractivity (Wildman–Crippen MR) is 68.5 cm³/mol. The Hall–Kier alpha value is -1.15. The Kier molecular flexibility index (Phi) is 4.50. The lowest BCUT2D eigenvalue weighted by molar-refractivity contribution is 1.08. The number of aromatic nitrogens is 1. The van der Waals surface area contributed by atoms with Gasteiger partial charge in [0.05, 0.1) is 0 Å². The smallest absolute Gasteiger partial charge is 0.0407 e. The Balaban J connectivity index is 0.00000112. The third-order valence-corrected chi connectivity index (χ3v) is 2.35. The van der Waals surface area contributed by atoms with Gasteiger partial charge in [0.25, 0.3) is 0 Å². The number of hydrogen-bond acceptors (Lipinski definition) is 1. The molecule has 0 aliphatic heterocycles. The van der Waals surface area contributed by atoms with Crippen LogP contribution in [0.25, 0.3) is 0 Å². The number of nitrogens with zero attached hydrogens (tertiary/aromatic N) is 1. The van der Waals surface area contributed by atoms with Gasteiger partial charge in [-0.15, -0.1) is 17.0 Å². The maximum atomic E-state index is 4.28. The first-order valence-electron chi connectivity index (χ1n) is 4.80. The second kappa shape index (κ2) is 5.66. The highest BCUT2D eigenvalue weighted by Gasteiger charge is 1.98. The Morgan fingerprint density at radius 3 is 2.40 bits per heavy atom. The minimum absolute atomic E-state index is 0. The molecule has 0 saturated carbocycles. The highest BCUT2D eigenvalue weighted by molar-refractivity contribution is 8.93. The average Bonchev–Trinajstić information content (AvgIpc) is 2.23. The molecule has 0 N–H and O–H groups in total. The molecule has 0 radical (unpaired) electrons. The van der Waals surface area contributed by atoms with Gasteiger partial charge in [-0.05, 0) is 30.5 Å². The van der Waals surface area contributed by atoms with Crippen molar-refractivity contribution in [3.8, 4) is 0 Å². The number of pyridine rings is 1. The SMILES string of the molecule is Br.Cc1ncccc1Cc1ccccc1. The van der Waals surface area contributed by atoms with Crippen LogP contribution in [0.2, 0.25) is 0 Å². The molecule has 0 aliphatic rings. The van der Waals surface area contributed by atoms with E-state index in [4.69, 9.17) is 0 Å².